The standard InChI is InChI=1S/C19H24N6O5/c1-4-6-24-13(8-12-15(24)21(2)19(30)22(3)16(12)27)17(28)23-7-5-11(10-23)25-14(26)9-20-18(25)29/h8,11H,4-7,9-10H2,1-3H3,(H,20,29). The molecule has 2 aromatic rings. The van der Waals surface area contributed by atoms with Crippen LogP contribution in [0.2, 0.25) is 0 Å². The molecule has 0 aliphatic carbocycles. The van der Waals surface area contributed by atoms with Crippen molar-refractivity contribution in [1.82, 2.24) is 28.8 Å². The van der Waals surface area contributed by atoms with Gasteiger partial charge in [0.25, 0.3) is 11.5 Å². The van der Waals surface area contributed by atoms with Crippen LogP contribution in [-0.2, 0) is 25.4 Å². The van der Waals surface area contributed by atoms with Crippen molar-refractivity contribution in [3.05, 3.63) is 32.6 Å². The fourth-order valence-corrected chi connectivity index (χ4v) is 4.37. The first kappa shape index (κ1) is 19.9. The van der Waals surface area contributed by atoms with Crippen LogP contribution in [0.25, 0.3) is 11.0 Å². The van der Waals surface area contributed by atoms with Gasteiger partial charge in [0.05, 0.1) is 18.0 Å². The zero-order valence-electron chi connectivity index (χ0n) is 17.2. The number of rotatable bonds is 4. The van der Waals surface area contributed by atoms with Crippen molar-refractivity contribution >= 4 is 28.9 Å². The van der Waals surface area contributed by atoms with Gasteiger partial charge in [-0.05, 0) is 18.9 Å². The molecule has 1 unspecified atom stereocenters. The van der Waals surface area contributed by atoms with Crippen molar-refractivity contribution in [1.29, 1.82) is 0 Å². The zero-order chi connectivity index (χ0) is 21.7. The molecule has 4 rings (SSSR count). The summed E-state index contributed by atoms with van der Waals surface area (Å²) in [5.74, 6) is -0.582. The van der Waals surface area contributed by atoms with Crippen LogP contribution in [0.3, 0.4) is 0 Å². The van der Waals surface area contributed by atoms with Gasteiger partial charge in [-0.3, -0.25) is 28.4 Å². The van der Waals surface area contributed by atoms with Gasteiger partial charge in [0.1, 0.15) is 11.3 Å². The van der Waals surface area contributed by atoms with Crippen LogP contribution in [0, 0.1) is 0 Å². The molecule has 160 valence electrons. The van der Waals surface area contributed by atoms with Gasteiger partial charge in [0.2, 0.25) is 5.91 Å². The van der Waals surface area contributed by atoms with E-state index in [1.165, 1.54) is 22.6 Å². The molecule has 0 bridgehead atoms. The molecule has 4 amide bonds. The number of fused-ring (bicyclic) bond motifs is 1. The van der Waals surface area contributed by atoms with Gasteiger partial charge in [0, 0.05) is 33.7 Å². The number of urea groups is 1. The Labute approximate surface area is 171 Å². The number of nitrogens with one attached hydrogen (secondary N) is 1. The fourth-order valence-electron chi connectivity index (χ4n) is 4.37. The van der Waals surface area contributed by atoms with E-state index in [1.54, 1.807) is 16.5 Å². The quantitative estimate of drug-likeness (QED) is 0.656. The summed E-state index contributed by atoms with van der Waals surface area (Å²) in [4.78, 5) is 65.0. The number of aryl methyl sites for hydroxylation is 2. The zero-order valence-corrected chi connectivity index (χ0v) is 17.2. The van der Waals surface area contributed by atoms with E-state index in [1.807, 2.05) is 6.92 Å². The van der Waals surface area contributed by atoms with Gasteiger partial charge in [-0.25, -0.2) is 9.59 Å². The maximum atomic E-state index is 13.3. The van der Waals surface area contributed by atoms with Crippen molar-refractivity contribution < 1.29 is 14.4 Å². The van der Waals surface area contributed by atoms with Gasteiger partial charge >= 0.3 is 11.7 Å². The average molecular weight is 416 g/mol. The van der Waals surface area contributed by atoms with E-state index in [4.69, 9.17) is 0 Å². The third kappa shape index (κ3) is 2.84. The number of carbonyl (C=O) groups is 3. The molecule has 2 saturated heterocycles. The molecule has 2 aliphatic rings. The molecular formula is C19H24N6O5. The predicted molar refractivity (Wildman–Crippen MR) is 107 cm³/mol. The lowest BCUT2D eigenvalue weighted by Gasteiger charge is -2.22. The number of aromatic nitrogens is 3. The third-order valence-corrected chi connectivity index (χ3v) is 5.86. The van der Waals surface area contributed by atoms with Gasteiger partial charge in [0.15, 0.2) is 0 Å². The second kappa shape index (κ2) is 7.15. The summed E-state index contributed by atoms with van der Waals surface area (Å²) in [6.07, 6.45) is 1.21. The summed E-state index contributed by atoms with van der Waals surface area (Å²) in [5, 5.41) is 2.81. The van der Waals surface area contributed by atoms with E-state index in [-0.39, 0.29) is 30.9 Å². The van der Waals surface area contributed by atoms with Crippen LogP contribution in [0.5, 0.6) is 0 Å². The second-order valence-corrected chi connectivity index (χ2v) is 7.74. The van der Waals surface area contributed by atoms with E-state index in [0.717, 1.165) is 4.57 Å². The Bertz CT molecular complexity index is 1170. The molecule has 2 aliphatic heterocycles. The Balaban J connectivity index is 1.73. The highest BCUT2D eigenvalue weighted by Crippen LogP contribution is 2.23. The monoisotopic (exact) mass is 416 g/mol. The lowest BCUT2D eigenvalue weighted by Crippen LogP contribution is -2.43. The van der Waals surface area contributed by atoms with Gasteiger partial charge in [-0.2, -0.15) is 0 Å². The number of hydrogen-bond acceptors (Lipinski definition) is 5. The average Bonchev–Trinajstić information content (AvgIpc) is 3.42. The SMILES string of the molecule is CCCn1c(C(=O)N2CCC(N3C(=O)CNC3=O)C2)cc2c(=O)n(C)c(=O)n(C)c21. The Morgan fingerprint density at radius 3 is 2.53 bits per heavy atom. The number of carbonyl (C=O) groups excluding carboxylic acids is 3. The van der Waals surface area contributed by atoms with Crippen LogP contribution in [0.1, 0.15) is 30.3 Å². The summed E-state index contributed by atoms with van der Waals surface area (Å²) in [7, 11) is 2.99. The first-order valence-corrected chi connectivity index (χ1v) is 9.94. The molecule has 4 heterocycles. The summed E-state index contributed by atoms with van der Waals surface area (Å²) in [6, 6.07) is 0.735. The highest BCUT2D eigenvalue weighted by Gasteiger charge is 2.40. The number of likely N-dealkylation sites (tertiary alicyclic amines) is 1. The third-order valence-electron chi connectivity index (χ3n) is 5.86. The van der Waals surface area contributed by atoms with E-state index in [2.05, 4.69) is 5.32 Å². The first-order valence-electron chi connectivity index (χ1n) is 9.94. The van der Waals surface area contributed by atoms with Crippen molar-refractivity contribution in [3.63, 3.8) is 0 Å². The molecule has 0 spiro atoms. The van der Waals surface area contributed by atoms with Crippen LogP contribution >= 0.6 is 0 Å². The van der Waals surface area contributed by atoms with Crippen LogP contribution in [-0.4, -0.2) is 67.0 Å². The number of hydrogen-bond donors (Lipinski definition) is 1. The number of nitrogens with zero attached hydrogens (tertiary/aromatic N) is 5. The minimum absolute atomic E-state index is 0.0225. The molecule has 0 radical (unpaired) electrons. The first-order chi connectivity index (χ1) is 14.3. The van der Waals surface area contributed by atoms with Crippen molar-refractivity contribution in [2.24, 2.45) is 14.1 Å². The maximum Gasteiger partial charge on any atom is 0.332 e. The van der Waals surface area contributed by atoms with Crippen LogP contribution in [0.15, 0.2) is 15.7 Å². The summed E-state index contributed by atoms with van der Waals surface area (Å²) >= 11 is 0. The van der Waals surface area contributed by atoms with Crippen molar-refractivity contribution in [2.75, 3.05) is 19.6 Å². The topological polar surface area (TPSA) is 119 Å². The number of amides is 4. The van der Waals surface area contributed by atoms with E-state index >= 15 is 0 Å². The van der Waals surface area contributed by atoms with Crippen LogP contribution < -0.4 is 16.6 Å². The molecule has 0 saturated carbocycles. The van der Waals surface area contributed by atoms with E-state index in [9.17, 15) is 24.0 Å². The molecule has 1 N–H and O–H groups in total. The molecule has 11 nitrogen and oxygen atoms in total. The highest BCUT2D eigenvalue weighted by atomic mass is 16.2. The molecular weight excluding hydrogens is 392 g/mol. The van der Waals surface area contributed by atoms with E-state index < -0.39 is 17.3 Å². The normalized spacial score (nSPS) is 19.2. The highest BCUT2D eigenvalue weighted by molar-refractivity contribution is 6.02. The fraction of sp³-hybridized carbons (Fsp3) is 0.526. The van der Waals surface area contributed by atoms with Crippen molar-refractivity contribution in [2.45, 2.75) is 32.4 Å². The van der Waals surface area contributed by atoms with Gasteiger partial charge in [-0.1, -0.05) is 6.92 Å². The maximum absolute atomic E-state index is 13.3. The van der Waals surface area contributed by atoms with E-state index in [0.29, 0.717) is 42.7 Å². The molecule has 2 aromatic heterocycles. The molecule has 0 aromatic carbocycles. The second-order valence-electron chi connectivity index (χ2n) is 7.74. The number of imide groups is 1. The Hall–Kier alpha value is -3.37. The lowest BCUT2D eigenvalue weighted by molar-refractivity contribution is -0.126. The summed E-state index contributed by atoms with van der Waals surface area (Å²) < 4.78 is 4.11. The van der Waals surface area contributed by atoms with Gasteiger partial charge < -0.3 is 14.8 Å². The Kier molecular flexibility index (Phi) is 4.75. The largest absolute Gasteiger partial charge is 0.335 e. The molecule has 30 heavy (non-hydrogen) atoms. The Morgan fingerprint density at radius 1 is 1.17 bits per heavy atom. The smallest absolute Gasteiger partial charge is 0.332 e. The predicted octanol–water partition coefficient (Wildman–Crippen LogP) is -0.785. The van der Waals surface area contributed by atoms with Crippen molar-refractivity contribution in [3.8, 4) is 0 Å². The molecule has 1 atom stereocenters. The molecule has 2 fully saturated rings. The minimum atomic E-state index is -0.457. The Morgan fingerprint density at radius 2 is 1.90 bits per heavy atom. The molecule has 11 heteroatoms. The van der Waals surface area contributed by atoms with Crippen LogP contribution in [0.4, 0.5) is 4.79 Å². The van der Waals surface area contributed by atoms with Gasteiger partial charge in [-0.15, -0.1) is 0 Å². The summed E-state index contributed by atoms with van der Waals surface area (Å²) in [5.41, 5.74) is -0.168. The minimum Gasteiger partial charge on any atom is -0.335 e. The lowest BCUT2D eigenvalue weighted by atomic mass is 10.2. The summed E-state index contributed by atoms with van der Waals surface area (Å²) in [6.45, 7) is 3.02.